The van der Waals surface area contributed by atoms with Gasteiger partial charge in [0.1, 0.15) is 0 Å². The van der Waals surface area contributed by atoms with Crippen molar-refractivity contribution in [3.05, 3.63) is 0 Å². The minimum absolute atomic E-state index is 0.117. The lowest BCUT2D eigenvalue weighted by atomic mass is 10.0. The number of hydrogen-bond donors (Lipinski definition) is 1. The largest absolute Gasteiger partial charge is 0.390 e. The number of aliphatic hydroxyl groups is 1. The number of ether oxygens (including phenoxy) is 1. The van der Waals surface area contributed by atoms with Crippen LogP contribution in [0.1, 0.15) is 52.4 Å². The molecular formula is C11H22O2. The fourth-order valence-corrected chi connectivity index (χ4v) is 1.91. The predicted octanol–water partition coefficient (Wildman–Crippen LogP) is 2.50. The van der Waals surface area contributed by atoms with Crippen LogP contribution in [0.15, 0.2) is 0 Å². The summed E-state index contributed by atoms with van der Waals surface area (Å²) in [4.78, 5) is 0. The van der Waals surface area contributed by atoms with Gasteiger partial charge in [-0.15, -0.1) is 0 Å². The van der Waals surface area contributed by atoms with Crippen LogP contribution in [0, 0.1) is 0 Å². The Hall–Kier alpha value is -0.0800. The van der Waals surface area contributed by atoms with Crippen molar-refractivity contribution in [1.82, 2.24) is 0 Å². The molecule has 1 fully saturated rings. The van der Waals surface area contributed by atoms with Gasteiger partial charge >= 0.3 is 0 Å². The third-order valence-corrected chi connectivity index (χ3v) is 2.80. The number of rotatable bonds is 5. The third-order valence-electron chi connectivity index (χ3n) is 2.80. The van der Waals surface area contributed by atoms with Crippen LogP contribution in [0.25, 0.3) is 0 Å². The van der Waals surface area contributed by atoms with Crippen molar-refractivity contribution in [3.8, 4) is 0 Å². The Morgan fingerprint density at radius 3 is 2.69 bits per heavy atom. The van der Waals surface area contributed by atoms with Crippen molar-refractivity contribution in [3.63, 3.8) is 0 Å². The SMILES string of the molecule is CCCCC[C@H](O)[C@@H]1CCC(C)O1. The highest BCUT2D eigenvalue weighted by molar-refractivity contribution is 4.77. The van der Waals surface area contributed by atoms with E-state index in [4.69, 9.17) is 4.74 Å². The van der Waals surface area contributed by atoms with Gasteiger partial charge in [0, 0.05) is 0 Å². The van der Waals surface area contributed by atoms with Crippen LogP contribution in [0.2, 0.25) is 0 Å². The zero-order valence-electron chi connectivity index (χ0n) is 8.83. The first-order valence-electron chi connectivity index (χ1n) is 5.57. The van der Waals surface area contributed by atoms with Crippen LogP contribution in [0.3, 0.4) is 0 Å². The van der Waals surface area contributed by atoms with E-state index < -0.39 is 0 Å². The minimum Gasteiger partial charge on any atom is -0.390 e. The van der Waals surface area contributed by atoms with Crippen LogP contribution >= 0.6 is 0 Å². The van der Waals surface area contributed by atoms with Crippen molar-refractivity contribution in [2.45, 2.75) is 70.7 Å². The average molecular weight is 186 g/mol. The monoisotopic (exact) mass is 186 g/mol. The molecule has 0 aromatic rings. The van der Waals surface area contributed by atoms with Gasteiger partial charge in [-0.25, -0.2) is 0 Å². The van der Waals surface area contributed by atoms with Crippen LogP contribution in [-0.4, -0.2) is 23.4 Å². The van der Waals surface area contributed by atoms with E-state index in [0.717, 1.165) is 25.7 Å². The van der Waals surface area contributed by atoms with Gasteiger partial charge in [0.2, 0.25) is 0 Å². The number of unbranched alkanes of at least 4 members (excludes halogenated alkanes) is 2. The normalized spacial score (nSPS) is 30.7. The van der Waals surface area contributed by atoms with Crippen molar-refractivity contribution in [2.75, 3.05) is 0 Å². The zero-order valence-corrected chi connectivity index (χ0v) is 8.83. The summed E-state index contributed by atoms with van der Waals surface area (Å²) in [6.07, 6.45) is 6.86. The Bertz CT molecular complexity index is 136. The fraction of sp³-hybridized carbons (Fsp3) is 1.00. The summed E-state index contributed by atoms with van der Waals surface area (Å²) in [7, 11) is 0. The highest BCUT2D eigenvalue weighted by Gasteiger charge is 2.27. The number of aliphatic hydroxyl groups excluding tert-OH is 1. The van der Waals surface area contributed by atoms with E-state index in [2.05, 4.69) is 13.8 Å². The Balaban J connectivity index is 2.12. The average Bonchev–Trinajstić information content (AvgIpc) is 2.52. The molecule has 0 bridgehead atoms. The molecule has 0 spiro atoms. The second-order valence-corrected chi connectivity index (χ2v) is 4.13. The maximum atomic E-state index is 9.77. The fourth-order valence-electron chi connectivity index (χ4n) is 1.91. The molecule has 3 atom stereocenters. The summed E-state index contributed by atoms with van der Waals surface area (Å²) in [5.74, 6) is 0. The first-order chi connectivity index (χ1) is 6.24. The van der Waals surface area contributed by atoms with Crippen molar-refractivity contribution in [2.24, 2.45) is 0 Å². The smallest absolute Gasteiger partial charge is 0.0838 e. The van der Waals surface area contributed by atoms with E-state index in [0.29, 0.717) is 6.10 Å². The van der Waals surface area contributed by atoms with Gasteiger partial charge in [-0.1, -0.05) is 26.2 Å². The zero-order chi connectivity index (χ0) is 9.68. The molecule has 2 nitrogen and oxygen atoms in total. The van der Waals surface area contributed by atoms with Gasteiger partial charge in [-0.05, 0) is 26.2 Å². The summed E-state index contributed by atoms with van der Waals surface area (Å²) >= 11 is 0. The Labute approximate surface area is 81.3 Å². The van der Waals surface area contributed by atoms with Crippen LogP contribution in [0.4, 0.5) is 0 Å². The van der Waals surface area contributed by atoms with Gasteiger partial charge in [-0.2, -0.15) is 0 Å². The van der Waals surface area contributed by atoms with E-state index in [1.807, 2.05) is 0 Å². The molecule has 1 rings (SSSR count). The molecule has 0 aromatic carbocycles. The summed E-state index contributed by atoms with van der Waals surface area (Å²) in [6, 6.07) is 0. The molecule has 13 heavy (non-hydrogen) atoms. The van der Waals surface area contributed by atoms with Gasteiger partial charge < -0.3 is 9.84 Å². The molecule has 0 amide bonds. The van der Waals surface area contributed by atoms with E-state index >= 15 is 0 Å². The van der Waals surface area contributed by atoms with Crippen molar-refractivity contribution in [1.29, 1.82) is 0 Å². The quantitative estimate of drug-likeness (QED) is 0.668. The number of hydrogen-bond acceptors (Lipinski definition) is 2. The highest BCUT2D eigenvalue weighted by Crippen LogP contribution is 2.23. The molecule has 2 heteroatoms. The van der Waals surface area contributed by atoms with E-state index in [1.165, 1.54) is 12.8 Å². The lowest BCUT2D eigenvalue weighted by Crippen LogP contribution is -2.25. The van der Waals surface area contributed by atoms with Gasteiger partial charge in [0.25, 0.3) is 0 Å². The van der Waals surface area contributed by atoms with E-state index in [9.17, 15) is 5.11 Å². The Morgan fingerprint density at radius 2 is 2.15 bits per heavy atom. The van der Waals surface area contributed by atoms with Crippen molar-refractivity contribution < 1.29 is 9.84 Å². The summed E-state index contributed by atoms with van der Waals surface area (Å²) in [6.45, 7) is 4.26. The lowest BCUT2D eigenvalue weighted by molar-refractivity contribution is -0.0322. The van der Waals surface area contributed by atoms with Gasteiger partial charge in [0.05, 0.1) is 18.3 Å². The molecule has 0 saturated carbocycles. The molecule has 78 valence electrons. The van der Waals surface area contributed by atoms with Gasteiger partial charge in [0.15, 0.2) is 0 Å². The predicted molar refractivity (Wildman–Crippen MR) is 53.7 cm³/mol. The van der Waals surface area contributed by atoms with E-state index in [-0.39, 0.29) is 12.2 Å². The van der Waals surface area contributed by atoms with Crippen LogP contribution < -0.4 is 0 Å². The maximum absolute atomic E-state index is 9.77. The van der Waals surface area contributed by atoms with Crippen LogP contribution in [0.5, 0.6) is 0 Å². The molecule has 1 saturated heterocycles. The Morgan fingerprint density at radius 1 is 1.38 bits per heavy atom. The lowest BCUT2D eigenvalue weighted by Gasteiger charge is -2.17. The molecule has 1 aliphatic rings. The standard InChI is InChI=1S/C11H22O2/c1-3-4-5-6-10(12)11-8-7-9(2)13-11/h9-12H,3-8H2,1-2H3/t9?,10-,11-/m0/s1. The van der Waals surface area contributed by atoms with Gasteiger partial charge in [-0.3, -0.25) is 0 Å². The second kappa shape index (κ2) is 5.61. The summed E-state index contributed by atoms with van der Waals surface area (Å²) < 4.78 is 5.60. The first-order valence-corrected chi connectivity index (χ1v) is 5.57. The van der Waals surface area contributed by atoms with Crippen molar-refractivity contribution >= 4 is 0 Å². The molecule has 1 unspecified atom stereocenters. The molecule has 0 aliphatic carbocycles. The highest BCUT2D eigenvalue weighted by atomic mass is 16.5. The second-order valence-electron chi connectivity index (χ2n) is 4.13. The summed E-state index contributed by atoms with van der Waals surface area (Å²) in [5.41, 5.74) is 0. The molecule has 1 N–H and O–H groups in total. The molecule has 0 radical (unpaired) electrons. The molecular weight excluding hydrogens is 164 g/mol. The maximum Gasteiger partial charge on any atom is 0.0838 e. The minimum atomic E-state index is -0.225. The first kappa shape index (κ1) is 11.0. The van der Waals surface area contributed by atoms with Crippen LogP contribution in [-0.2, 0) is 4.74 Å². The van der Waals surface area contributed by atoms with E-state index in [1.54, 1.807) is 0 Å². The Kier molecular flexibility index (Phi) is 4.74. The molecule has 1 heterocycles. The third kappa shape index (κ3) is 3.65. The topological polar surface area (TPSA) is 29.5 Å². The summed E-state index contributed by atoms with van der Waals surface area (Å²) in [5, 5.41) is 9.77. The molecule has 1 aliphatic heterocycles. The molecule has 0 aromatic heterocycles.